The van der Waals surface area contributed by atoms with Gasteiger partial charge in [0.1, 0.15) is 5.75 Å². The Morgan fingerprint density at radius 1 is 1.25 bits per heavy atom. The van der Waals surface area contributed by atoms with Crippen molar-refractivity contribution in [3.8, 4) is 5.75 Å². The summed E-state index contributed by atoms with van der Waals surface area (Å²) < 4.78 is 5.34. The van der Waals surface area contributed by atoms with Crippen LogP contribution in [0.4, 0.5) is 5.69 Å². The molecule has 2 aromatic carbocycles. The van der Waals surface area contributed by atoms with Crippen molar-refractivity contribution in [3.05, 3.63) is 58.6 Å². The van der Waals surface area contributed by atoms with Crippen LogP contribution in [0.3, 0.4) is 0 Å². The standard InChI is InChI=1S/C16H16ClNO2/c1-18(10-12-5-3-4-6-16(12)20-2)15-8-7-14(17)9-13(15)11-19/h3-9,11H,10H2,1-2H3. The summed E-state index contributed by atoms with van der Waals surface area (Å²) >= 11 is 5.91. The van der Waals surface area contributed by atoms with Gasteiger partial charge in [0.15, 0.2) is 6.29 Å². The third kappa shape index (κ3) is 3.11. The van der Waals surface area contributed by atoms with Gasteiger partial charge in [-0.25, -0.2) is 0 Å². The number of carbonyl (C=O) groups excluding carboxylic acids is 1. The molecule has 0 aliphatic carbocycles. The molecule has 3 nitrogen and oxygen atoms in total. The third-order valence-electron chi connectivity index (χ3n) is 3.13. The minimum Gasteiger partial charge on any atom is -0.496 e. The Balaban J connectivity index is 2.28. The van der Waals surface area contributed by atoms with Gasteiger partial charge < -0.3 is 9.64 Å². The molecule has 0 N–H and O–H groups in total. The van der Waals surface area contributed by atoms with Gasteiger partial charge in [-0.3, -0.25) is 4.79 Å². The van der Waals surface area contributed by atoms with Crippen LogP contribution in [0.1, 0.15) is 15.9 Å². The molecule has 0 spiro atoms. The second kappa shape index (κ2) is 6.44. The number of benzene rings is 2. The minimum atomic E-state index is 0.557. The van der Waals surface area contributed by atoms with Crippen molar-refractivity contribution in [1.29, 1.82) is 0 Å². The van der Waals surface area contributed by atoms with E-state index in [0.717, 1.165) is 23.3 Å². The Morgan fingerprint density at radius 3 is 2.70 bits per heavy atom. The first-order chi connectivity index (χ1) is 9.65. The Morgan fingerprint density at radius 2 is 2.00 bits per heavy atom. The van der Waals surface area contributed by atoms with Crippen molar-refractivity contribution in [1.82, 2.24) is 0 Å². The number of para-hydroxylation sites is 1. The number of anilines is 1. The lowest BCUT2D eigenvalue weighted by molar-refractivity contribution is 0.112. The highest BCUT2D eigenvalue weighted by Gasteiger charge is 2.10. The second-order valence-electron chi connectivity index (χ2n) is 4.49. The van der Waals surface area contributed by atoms with Crippen molar-refractivity contribution < 1.29 is 9.53 Å². The molecule has 0 aliphatic heterocycles. The Labute approximate surface area is 123 Å². The monoisotopic (exact) mass is 289 g/mol. The molecule has 2 aromatic rings. The number of methoxy groups -OCH3 is 1. The van der Waals surface area contributed by atoms with E-state index >= 15 is 0 Å². The zero-order chi connectivity index (χ0) is 14.5. The van der Waals surface area contributed by atoms with E-state index in [2.05, 4.69) is 0 Å². The number of aldehydes is 1. The van der Waals surface area contributed by atoms with Crippen molar-refractivity contribution in [2.24, 2.45) is 0 Å². The van der Waals surface area contributed by atoms with Crippen LogP contribution in [0.5, 0.6) is 5.75 Å². The fraction of sp³-hybridized carbons (Fsp3) is 0.188. The van der Waals surface area contributed by atoms with E-state index in [-0.39, 0.29) is 0 Å². The number of halogens is 1. The molecule has 0 saturated carbocycles. The van der Waals surface area contributed by atoms with Crippen molar-refractivity contribution in [3.63, 3.8) is 0 Å². The van der Waals surface area contributed by atoms with Gasteiger partial charge in [0, 0.05) is 35.4 Å². The molecule has 104 valence electrons. The number of hydrogen-bond acceptors (Lipinski definition) is 3. The van der Waals surface area contributed by atoms with Gasteiger partial charge in [-0.1, -0.05) is 29.8 Å². The number of nitrogens with zero attached hydrogens (tertiary/aromatic N) is 1. The van der Waals surface area contributed by atoms with E-state index in [1.165, 1.54) is 0 Å². The van der Waals surface area contributed by atoms with Gasteiger partial charge >= 0.3 is 0 Å². The molecule has 0 unspecified atom stereocenters. The SMILES string of the molecule is COc1ccccc1CN(C)c1ccc(Cl)cc1C=O. The zero-order valence-electron chi connectivity index (χ0n) is 11.5. The number of rotatable bonds is 5. The van der Waals surface area contributed by atoms with Crippen LogP contribution < -0.4 is 9.64 Å². The van der Waals surface area contributed by atoms with Gasteiger partial charge in [-0.15, -0.1) is 0 Å². The van der Waals surface area contributed by atoms with Crippen molar-refractivity contribution >= 4 is 23.6 Å². The average molecular weight is 290 g/mol. The van der Waals surface area contributed by atoms with E-state index in [4.69, 9.17) is 16.3 Å². The minimum absolute atomic E-state index is 0.557. The van der Waals surface area contributed by atoms with Gasteiger partial charge in [-0.2, -0.15) is 0 Å². The smallest absolute Gasteiger partial charge is 0.152 e. The maximum Gasteiger partial charge on any atom is 0.152 e. The number of carbonyl (C=O) groups is 1. The van der Waals surface area contributed by atoms with Crippen molar-refractivity contribution in [2.45, 2.75) is 6.54 Å². The van der Waals surface area contributed by atoms with Crippen LogP contribution in [0.15, 0.2) is 42.5 Å². The maximum absolute atomic E-state index is 11.1. The highest BCUT2D eigenvalue weighted by Crippen LogP contribution is 2.26. The Hall–Kier alpha value is -2.00. The average Bonchev–Trinajstić information content (AvgIpc) is 2.47. The highest BCUT2D eigenvalue weighted by atomic mass is 35.5. The van der Waals surface area contributed by atoms with Crippen LogP contribution >= 0.6 is 11.6 Å². The van der Waals surface area contributed by atoms with Gasteiger partial charge in [0.05, 0.1) is 7.11 Å². The summed E-state index contributed by atoms with van der Waals surface area (Å²) in [4.78, 5) is 13.1. The predicted octanol–water partition coefficient (Wildman–Crippen LogP) is 3.80. The summed E-state index contributed by atoms with van der Waals surface area (Å²) in [6.07, 6.45) is 0.819. The normalized spacial score (nSPS) is 10.2. The quantitative estimate of drug-likeness (QED) is 0.784. The maximum atomic E-state index is 11.1. The van der Waals surface area contributed by atoms with Crippen LogP contribution in [0, 0.1) is 0 Å². The molecule has 0 radical (unpaired) electrons. The molecule has 0 aliphatic rings. The molecular weight excluding hydrogens is 274 g/mol. The zero-order valence-corrected chi connectivity index (χ0v) is 12.2. The summed E-state index contributed by atoms with van der Waals surface area (Å²) in [6.45, 7) is 0.645. The predicted molar refractivity (Wildman–Crippen MR) is 81.9 cm³/mol. The molecule has 0 amide bonds. The molecule has 2 rings (SSSR count). The lowest BCUT2D eigenvalue weighted by Gasteiger charge is -2.22. The van der Waals surface area contributed by atoms with Crippen molar-refractivity contribution in [2.75, 3.05) is 19.1 Å². The molecule has 0 aromatic heterocycles. The summed E-state index contributed by atoms with van der Waals surface area (Å²) in [5.41, 5.74) is 2.48. The molecule has 4 heteroatoms. The highest BCUT2D eigenvalue weighted by molar-refractivity contribution is 6.31. The molecule has 0 fully saturated rings. The third-order valence-corrected chi connectivity index (χ3v) is 3.36. The fourth-order valence-corrected chi connectivity index (χ4v) is 2.32. The van der Waals surface area contributed by atoms with Crippen LogP contribution in [-0.2, 0) is 6.54 Å². The molecule has 0 bridgehead atoms. The molecule has 0 saturated heterocycles. The lowest BCUT2D eigenvalue weighted by atomic mass is 10.1. The van der Waals surface area contributed by atoms with Gasteiger partial charge in [0.25, 0.3) is 0 Å². The number of hydrogen-bond donors (Lipinski definition) is 0. The molecular formula is C16H16ClNO2. The summed E-state index contributed by atoms with van der Waals surface area (Å²) in [5, 5.41) is 0.557. The summed E-state index contributed by atoms with van der Waals surface area (Å²) in [6, 6.07) is 13.1. The largest absolute Gasteiger partial charge is 0.496 e. The van der Waals surface area contributed by atoms with Gasteiger partial charge in [-0.05, 0) is 24.3 Å². The van der Waals surface area contributed by atoms with Crippen LogP contribution in [0.2, 0.25) is 5.02 Å². The molecule has 0 heterocycles. The fourth-order valence-electron chi connectivity index (χ4n) is 2.14. The second-order valence-corrected chi connectivity index (χ2v) is 4.93. The molecule has 0 atom stereocenters. The first-order valence-electron chi connectivity index (χ1n) is 6.23. The number of ether oxygens (including phenoxy) is 1. The summed E-state index contributed by atoms with van der Waals surface area (Å²) in [7, 11) is 3.58. The van der Waals surface area contributed by atoms with Crippen LogP contribution in [-0.4, -0.2) is 20.4 Å². The van der Waals surface area contributed by atoms with E-state index in [9.17, 15) is 4.79 Å². The van der Waals surface area contributed by atoms with E-state index < -0.39 is 0 Å². The molecule has 20 heavy (non-hydrogen) atoms. The topological polar surface area (TPSA) is 29.5 Å². The van der Waals surface area contributed by atoms with Crippen LogP contribution in [0.25, 0.3) is 0 Å². The first-order valence-corrected chi connectivity index (χ1v) is 6.61. The Kier molecular flexibility index (Phi) is 4.64. The van der Waals surface area contributed by atoms with E-state index in [1.807, 2.05) is 42.3 Å². The first kappa shape index (κ1) is 14.4. The van der Waals surface area contributed by atoms with Gasteiger partial charge in [0.2, 0.25) is 0 Å². The summed E-state index contributed by atoms with van der Waals surface area (Å²) in [5.74, 6) is 0.834. The van der Waals surface area contributed by atoms with E-state index in [0.29, 0.717) is 17.1 Å². The Bertz CT molecular complexity index is 613. The van der Waals surface area contributed by atoms with E-state index in [1.54, 1.807) is 19.2 Å². The lowest BCUT2D eigenvalue weighted by Crippen LogP contribution is -2.18.